The molecule has 0 aliphatic heterocycles. The third-order valence-corrected chi connectivity index (χ3v) is 10.7. The molecule has 3 amide bonds. The minimum absolute atomic E-state index is 0.0304. The quantitative estimate of drug-likeness (QED) is 0.145. The highest BCUT2D eigenvalue weighted by Crippen LogP contribution is 2.45. The first-order valence-corrected chi connectivity index (χ1v) is 17.9. The standard InChI is InChI=1S/C33H41Cl2N3O6S2/c1-3-4-13-31(41)38(17-16-30(40)36-21-28(45)19-24-9-8-12-27(34)18-24)22-25-14-15-29(26-10-6-5-7-11-26)33(35,20-25)46(43,44)37-32(42)23(2)39/h5-12,14-15,18,23,28,39,45H,3-4,13,16-17,19-22H2,1-2H3,(H,36,40)(H,37,42)/t23-,28+,33?/m0/s1. The van der Waals surface area contributed by atoms with Crippen LogP contribution in [0.15, 0.2) is 72.3 Å². The summed E-state index contributed by atoms with van der Waals surface area (Å²) in [6, 6.07) is 16.1. The van der Waals surface area contributed by atoms with Gasteiger partial charge in [0.15, 0.2) is 4.21 Å². The average Bonchev–Trinajstić information content (AvgIpc) is 3.01. The van der Waals surface area contributed by atoms with E-state index in [0.29, 0.717) is 35.5 Å². The number of hydrogen-bond donors (Lipinski definition) is 4. The second-order valence-corrected chi connectivity index (χ2v) is 15.2. The Morgan fingerprint density at radius 2 is 1.80 bits per heavy atom. The van der Waals surface area contributed by atoms with Gasteiger partial charge < -0.3 is 15.3 Å². The van der Waals surface area contributed by atoms with Crippen LogP contribution in [0.2, 0.25) is 5.02 Å². The molecule has 1 aliphatic rings. The Balaban J connectivity index is 1.76. The van der Waals surface area contributed by atoms with Gasteiger partial charge in [-0.1, -0.05) is 91.2 Å². The minimum Gasteiger partial charge on any atom is -0.384 e. The van der Waals surface area contributed by atoms with E-state index in [1.807, 2.05) is 29.8 Å². The molecule has 2 aromatic carbocycles. The molecule has 0 fully saturated rings. The molecule has 1 aliphatic carbocycles. The zero-order chi connectivity index (χ0) is 33.9. The van der Waals surface area contributed by atoms with Crippen molar-refractivity contribution in [1.29, 1.82) is 0 Å². The molecule has 9 nitrogen and oxygen atoms in total. The Bertz CT molecular complexity index is 1550. The van der Waals surface area contributed by atoms with E-state index >= 15 is 0 Å². The Morgan fingerprint density at radius 3 is 2.46 bits per heavy atom. The number of carbonyl (C=O) groups excluding carboxylic acids is 3. The monoisotopic (exact) mass is 709 g/mol. The molecule has 0 aromatic heterocycles. The number of rotatable bonds is 16. The van der Waals surface area contributed by atoms with E-state index < -0.39 is 26.2 Å². The highest BCUT2D eigenvalue weighted by Gasteiger charge is 2.49. The van der Waals surface area contributed by atoms with Gasteiger partial charge in [-0.15, -0.1) is 0 Å². The SMILES string of the molecule is CCCCC(=O)N(CCC(=O)NC[C@H](S)Cc1cccc(Cl)c1)CC1=CC=C(c2ccccc2)C(Cl)(S(=O)(=O)NC(=O)[C@H](C)O)C1. The van der Waals surface area contributed by atoms with Crippen molar-refractivity contribution >= 4 is 69.1 Å². The topological polar surface area (TPSA) is 133 Å². The molecule has 1 unspecified atom stereocenters. The van der Waals surface area contributed by atoms with Gasteiger partial charge in [-0.3, -0.25) is 14.4 Å². The number of thiol groups is 1. The van der Waals surface area contributed by atoms with Crippen molar-refractivity contribution in [2.24, 2.45) is 0 Å². The fourth-order valence-corrected chi connectivity index (χ4v) is 7.36. The first-order chi connectivity index (χ1) is 21.8. The molecule has 0 saturated heterocycles. The molecule has 2 aromatic rings. The highest BCUT2D eigenvalue weighted by atomic mass is 35.5. The van der Waals surface area contributed by atoms with E-state index in [9.17, 15) is 27.9 Å². The van der Waals surface area contributed by atoms with Crippen molar-refractivity contribution in [2.75, 3.05) is 19.6 Å². The molecule has 3 N–H and O–H groups in total. The van der Waals surface area contributed by atoms with Crippen LogP contribution in [-0.2, 0) is 30.8 Å². The summed E-state index contributed by atoms with van der Waals surface area (Å²) in [6.45, 7) is 3.58. The van der Waals surface area contributed by atoms with Crippen LogP contribution in [-0.4, -0.2) is 71.3 Å². The van der Waals surface area contributed by atoms with Gasteiger partial charge in [-0.05, 0) is 54.2 Å². The normalized spacial score (nSPS) is 17.7. The van der Waals surface area contributed by atoms with Crippen LogP contribution in [0, 0.1) is 0 Å². The van der Waals surface area contributed by atoms with Crippen LogP contribution >= 0.6 is 35.8 Å². The summed E-state index contributed by atoms with van der Waals surface area (Å²) in [7, 11) is -4.58. The number of aliphatic hydroxyl groups is 1. The van der Waals surface area contributed by atoms with Crippen LogP contribution in [0.4, 0.5) is 0 Å². The molecule has 0 radical (unpaired) electrons. The Kier molecular flexibility index (Phi) is 14.2. The Labute approximate surface area is 286 Å². The number of benzene rings is 2. The summed E-state index contributed by atoms with van der Waals surface area (Å²) in [4.78, 5) is 39.8. The lowest BCUT2D eigenvalue weighted by Crippen LogP contribution is -2.49. The zero-order valence-corrected chi connectivity index (χ0v) is 29.1. The maximum atomic E-state index is 13.6. The lowest BCUT2D eigenvalue weighted by atomic mass is 9.91. The number of nitrogens with one attached hydrogen (secondary N) is 2. The van der Waals surface area contributed by atoms with E-state index in [2.05, 4.69) is 17.9 Å². The Hall–Kier alpha value is -2.83. The molecule has 250 valence electrons. The maximum absolute atomic E-state index is 13.6. The van der Waals surface area contributed by atoms with Gasteiger partial charge in [0.05, 0.1) is 0 Å². The lowest BCUT2D eigenvalue weighted by molar-refractivity contribution is -0.131. The first-order valence-electron chi connectivity index (χ1n) is 15.1. The molecule has 0 saturated carbocycles. The molecule has 13 heteroatoms. The molecule has 3 atom stereocenters. The number of amides is 3. The van der Waals surface area contributed by atoms with E-state index in [0.717, 1.165) is 18.9 Å². The maximum Gasteiger partial charge on any atom is 0.262 e. The van der Waals surface area contributed by atoms with E-state index in [4.69, 9.17) is 23.2 Å². The number of aliphatic hydroxyl groups excluding tert-OH is 1. The van der Waals surface area contributed by atoms with Crippen LogP contribution in [0.25, 0.3) is 5.57 Å². The number of halogens is 2. The summed E-state index contributed by atoms with van der Waals surface area (Å²) < 4.78 is 27.0. The molecule has 3 rings (SSSR count). The van der Waals surface area contributed by atoms with Crippen LogP contribution in [0.1, 0.15) is 57.1 Å². The smallest absolute Gasteiger partial charge is 0.262 e. The van der Waals surface area contributed by atoms with Crippen molar-refractivity contribution in [3.05, 3.63) is 88.5 Å². The lowest BCUT2D eigenvalue weighted by Gasteiger charge is -2.35. The summed E-state index contributed by atoms with van der Waals surface area (Å²) in [5, 5.41) is 13.0. The number of hydrogen-bond acceptors (Lipinski definition) is 7. The van der Waals surface area contributed by atoms with E-state index in [1.54, 1.807) is 48.6 Å². The van der Waals surface area contributed by atoms with Gasteiger partial charge >= 0.3 is 0 Å². The van der Waals surface area contributed by atoms with Crippen molar-refractivity contribution < 1.29 is 27.9 Å². The van der Waals surface area contributed by atoms with Gasteiger partial charge in [0, 0.05) is 49.2 Å². The average molecular weight is 711 g/mol. The summed E-state index contributed by atoms with van der Waals surface area (Å²) in [6.07, 6.45) is 3.83. The summed E-state index contributed by atoms with van der Waals surface area (Å²) in [5.74, 6) is -1.54. The van der Waals surface area contributed by atoms with Crippen LogP contribution < -0.4 is 10.0 Å². The fraction of sp³-hybridized carbons (Fsp3) is 0.424. The van der Waals surface area contributed by atoms with E-state index in [-0.39, 0.29) is 55.0 Å². The summed E-state index contributed by atoms with van der Waals surface area (Å²) in [5.41, 5.74) is 2.30. The molecule has 0 bridgehead atoms. The number of alkyl halides is 1. The van der Waals surface area contributed by atoms with Crippen molar-refractivity contribution in [3.63, 3.8) is 0 Å². The zero-order valence-electron chi connectivity index (χ0n) is 25.9. The van der Waals surface area contributed by atoms with Crippen molar-refractivity contribution in [3.8, 4) is 0 Å². The largest absolute Gasteiger partial charge is 0.384 e. The van der Waals surface area contributed by atoms with Gasteiger partial charge in [-0.2, -0.15) is 12.6 Å². The first kappa shape index (κ1) is 37.6. The molecule has 0 spiro atoms. The number of unbranched alkanes of at least 4 members (excludes halogenated alkanes) is 1. The van der Waals surface area contributed by atoms with E-state index in [1.165, 1.54) is 4.90 Å². The molecular weight excluding hydrogens is 669 g/mol. The van der Waals surface area contributed by atoms with Gasteiger partial charge in [0.25, 0.3) is 15.9 Å². The van der Waals surface area contributed by atoms with Crippen LogP contribution in [0.3, 0.4) is 0 Å². The molecular formula is C33H41Cl2N3O6S2. The predicted octanol–water partition coefficient (Wildman–Crippen LogP) is 4.88. The minimum atomic E-state index is -4.58. The third-order valence-electron chi connectivity index (χ3n) is 7.46. The third kappa shape index (κ3) is 10.6. The predicted molar refractivity (Wildman–Crippen MR) is 186 cm³/mol. The van der Waals surface area contributed by atoms with Crippen LogP contribution in [0.5, 0.6) is 0 Å². The Morgan fingerprint density at radius 1 is 1.09 bits per heavy atom. The number of nitrogens with zero attached hydrogens (tertiary/aromatic N) is 1. The van der Waals surface area contributed by atoms with Crippen molar-refractivity contribution in [1.82, 2.24) is 14.9 Å². The fourth-order valence-electron chi connectivity index (χ4n) is 4.94. The number of sulfonamides is 1. The second-order valence-electron chi connectivity index (χ2n) is 11.3. The van der Waals surface area contributed by atoms with Gasteiger partial charge in [0.2, 0.25) is 11.8 Å². The second kappa shape index (κ2) is 17.4. The van der Waals surface area contributed by atoms with Crippen molar-refractivity contribution in [2.45, 2.75) is 67.9 Å². The van der Waals surface area contributed by atoms with Gasteiger partial charge in [0.1, 0.15) is 6.10 Å². The van der Waals surface area contributed by atoms with Gasteiger partial charge in [-0.25, -0.2) is 13.1 Å². The number of allylic oxidation sites excluding steroid dienone is 2. The number of carbonyl (C=O) groups is 3. The highest BCUT2D eigenvalue weighted by molar-refractivity contribution is 7.93. The molecule has 0 heterocycles. The molecule has 46 heavy (non-hydrogen) atoms. The summed E-state index contributed by atoms with van der Waals surface area (Å²) >= 11 is 17.6.